The van der Waals surface area contributed by atoms with E-state index >= 15 is 0 Å². The van der Waals surface area contributed by atoms with Crippen LogP contribution in [0.1, 0.15) is 47.2 Å². The molecule has 2 aromatic heterocycles. The van der Waals surface area contributed by atoms with E-state index in [0.29, 0.717) is 10.6 Å². The minimum absolute atomic E-state index is 0.100. The number of nitrogens with zero attached hydrogens (tertiary/aromatic N) is 1. The summed E-state index contributed by atoms with van der Waals surface area (Å²) in [7, 11) is 1.46. The summed E-state index contributed by atoms with van der Waals surface area (Å²) in [6.45, 7) is 4.58. The first-order valence-electron chi connectivity index (χ1n) is 8.20. The second-order valence-electron chi connectivity index (χ2n) is 5.43. The normalized spacial score (nSPS) is 10.3. The number of ether oxygens (including phenoxy) is 2. The van der Waals surface area contributed by atoms with Crippen LogP contribution in [0.15, 0.2) is 6.20 Å². The standard InChI is InChI=1S/C17H19N3O6S2/c1-5-25-17(24)12-8(2)13(14(22)18-4)28-15(12)20-11(21)7-26-16(23)10-6-19-9(3)27-10/h6H,5,7H2,1-4H3,(H,18,22)(H,20,21). The van der Waals surface area contributed by atoms with Crippen LogP contribution in [0.25, 0.3) is 0 Å². The Kier molecular flexibility index (Phi) is 7.24. The molecule has 2 heterocycles. The van der Waals surface area contributed by atoms with Gasteiger partial charge in [0.15, 0.2) is 6.61 Å². The molecule has 2 rings (SSSR count). The topological polar surface area (TPSA) is 124 Å². The van der Waals surface area contributed by atoms with Crippen molar-refractivity contribution in [2.75, 3.05) is 25.6 Å². The summed E-state index contributed by atoms with van der Waals surface area (Å²) in [6.07, 6.45) is 1.37. The van der Waals surface area contributed by atoms with Crippen molar-refractivity contribution in [2.24, 2.45) is 0 Å². The lowest BCUT2D eigenvalue weighted by molar-refractivity contribution is -0.119. The van der Waals surface area contributed by atoms with Gasteiger partial charge in [0.1, 0.15) is 9.88 Å². The van der Waals surface area contributed by atoms with Gasteiger partial charge in [-0.1, -0.05) is 0 Å². The molecule has 0 aromatic carbocycles. The fourth-order valence-corrected chi connectivity index (χ4v) is 4.03. The Hall–Kier alpha value is -2.79. The minimum atomic E-state index is -0.667. The number of amides is 2. The molecule has 2 aromatic rings. The average molecular weight is 425 g/mol. The lowest BCUT2D eigenvalue weighted by atomic mass is 10.1. The van der Waals surface area contributed by atoms with Gasteiger partial charge in [-0.2, -0.15) is 0 Å². The molecular formula is C17H19N3O6S2. The average Bonchev–Trinajstić information content (AvgIpc) is 3.22. The van der Waals surface area contributed by atoms with Crippen LogP contribution in [0.3, 0.4) is 0 Å². The quantitative estimate of drug-likeness (QED) is 0.652. The zero-order chi connectivity index (χ0) is 20.8. The highest BCUT2D eigenvalue weighted by Gasteiger charge is 2.26. The number of anilines is 1. The molecule has 0 aliphatic heterocycles. The molecule has 28 heavy (non-hydrogen) atoms. The fourth-order valence-electron chi connectivity index (χ4n) is 2.20. The van der Waals surface area contributed by atoms with Crippen LogP contribution in [-0.2, 0) is 14.3 Å². The third kappa shape index (κ3) is 4.93. The van der Waals surface area contributed by atoms with Crippen molar-refractivity contribution >= 4 is 51.4 Å². The van der Waals surface area contributed by atoms with Crippen molar-refractivity contribution in [3.8, 4) is 0 Å². The molecule has 0 bridgehead atoms. The Morgan fingerprint density at radius 3 is 2.39 bits per heavy atom. The van der Waals surface area contributed by atoms with Crippen molar-refractivity contribution in [3.05, 3.63) is 32.1 Å². The van der Waals surface area contributed by atoms with Gasteiger partial charge in [0.05, 0.1) is 28.3 Å². The molecule has 11 heteroatoms. The van der Waals surface area contributed by atoms with Gasteiger partial charge in [-0.3, -0.25) is 9.59 Å². The van der Waals surface area contributed by atoms with Crippen LogP contribution in [-0.4, -0.2) is 49.0 Å². The van der Waals surface area contributed by atoms with Crippen LogP contribution >= 0.6 is 22.7 Å². The second-order valence-corrected chi connectivity index (χ2v) is 7.68. The molecule has 0 saturated carbocycles. The van der Waals surface area contributed by atoms with Gasteiger partial charge in [-0.25, -0.2) is 14.6 Å². The molecule has 2 N–H and O–H groups in total. The Labute approximate surface area is 169 Å². The summed E-state index contributed by atoms with van der Waals surface area (Å²) in [4.78, 5) is 52.9. The third-order valence-electron chi connectivity index (χ3n) is 3.47. The minimum Gasteiger partial charge on any atom is -0.462 e. The number of nitrogens with one attached hydrogen (secondary N) is 2. The number of carbonyl (C=O) groups is 4. The summed E-state index contributed by atoms with van der Waals surface area (Å²) in [6, 6.07) is 0. The second kappa shape index (κ2) is 9.42. The van der Waals surface area contributed by atoms with Crippen molar-refractivity contribution in [2.45, 2.75) is 20.8 Å². The number of rotatable bonds is 7. The summed E-state index contributed by atoms with van der Waals surface area (Å²) in [5.74, 6) is -2.36. The molecular weight excluding hydrogens is 406 g/mol. The number of thiazole rings is 1. The summed E-state index contributed by atoms with van der Waals surface area (Å²) in [5.41, 5.74) is 0.499. The summed E-state index contributed by atoms with van der Waals surface area (Å²) < 4.78 is 9.97. The molecule has 150 valence electrons. The maximum Gasteiger partial charge on any atom is 0.350 e. The van der Waals surface area contributed by atoms with Gasteiger partial charge in [-0.15, -0.1) is 22.7 Å². The molecule has 0 aliphatic rings. The zero-order valence-electron chi connectivity index (χ0n) is 15.7. The van der Waals surface area contributed by atoms with E-state index in [2.05, 4.69) is 15.6 Å². The van der Waals surface area contributed by atoms with Crippen LogP contribution in [0.4, 0.5) is 5.00 Å². The van der Waals surface area contributed by atoms with Gasteiger partial charge >= 0.3 is 11.9 Å². The smallest absolute Gasteiger partial charge is 0.350 e. The van der Waals surface area contributed by atoms with E-state index in [4.69, 9.17) is 9.47 Å². The van der Waals surface area contributed by atoms with E-state index in [0.717, 1.165) is 22.7 Å². The highest BCUT2D eigenvalue weighted by Crippen LogP contribution is 2.33. The highest BCUT2D eigenvalue weighted by molar-refractivity contribution is 7.18. The molecule has 9 nitrogen and oxygen atoms in total. The number of aromatic nitrogens is 1. The monoisotopic (exact) mass is 425 g/mol. The van der Waals surface area contributed by atoms with Gasteiger partial charge < -0.3 is 20.1 Å². The first-order valence-corrected chi connectivity index (χ1v) is 9.83. The van der Waals surface area contributed by atoms with E-state index in [9.17, 15) is 19.2 Å². The van der Waals surface area contributed by atoms with E-state index in [1.807, 2.05) is 0 Å². The van der Waals surface area contributed by atoms with Crippen molar-refractivity contribution in [3.63, 3.8) is 0 Å². The zero-order valence-corrected chi connectivity index (χ0v) is 17.3. The largest absolute Gasteiger partial charge is 0.462 e. The Bertz CT molecular complexity index is 918. The molecule has 0 atom stereocenters. The fraction of sp³-hybridized carbons (Fsp3) is 0.353. The maximum absolute atomic E-state index is 12.3. The van der Waals surface area contributed by atoms with E-state index < -0.39 is 24.5 Å². The van der Waals surface area contributed by atoms with Crippen molar-refractivity contribution in [1.29, 1.82) is 0 Å². The Morgan fingerprint density at radius 2 is 1.82 bits per heavy atom. The number of hydrogen-bond donors (Lipinski definition) is 2. The molecule has 0 spiro atoms. The van der Waals surface area contributed by atoms with Crippen molar-refractivity contribution in [1.82, 2.24) is 10.3 Å². The molecule has 0 unspecified atom stereocenters. The molecule has 2 amide bonds. The predicted octanol–water partition coefficient (Wildman–Crippen LogP) is 2.15. The van der Waals surface area contributed by atoms with Gasteiger partial charge in [0.2, 0.25) is 0 Å². The van der Waals surface area contributed by atoms with Crippen molar-refractivity contribution < 1.29 is 28.7 Å². The lowest BCUT2D eigenvalue weighted by Crippen LogP contribution is -2.21. The molecule has 0 saturated heterocycles. The van der Waals surface area contributed by atoms with Crippen LogP contribution in [0, 0.1) is 13.8 Å². The Morgan fingerprint density at radius 1 is 1.11 bits per heavy atom. The Balaban J connectivity index is 2.14. The number of aryl methyl sites for hydroxylation is 1. The third-order valence-corrected chi connectivity index (χ3v) is 5.57. The van der Waals surface area contributed by atoms with Gasteiger partial charge in [-0.05, 0) is 26.3 Å². The molecule has 0 aliphatic carbocycles. The van der Waals surface area contributed by atoms with Crippen LogP contribution in [0.2, 0.25) is 0 Å². The van der Waals surface area contributed by atoms with E-state index in [1.54, 1.807) is 20.8 Å². The predicted molar refractivity (Wildman–Crippen MR) is 104 cm³/mol. The number of carbonyl (C=O) groups excluding carboxylic acids is 4. The highest BCUT2D eigenvalue weighted by atomic mass is 32.1. The molecule has 0 radical (unpaired) electrons. The van der Waals surface area contributed by atoms with Gasteiger partial charge in [0.25, 0.3) is 11.8 Å². The molecule has 0 fully saturated rings. The summed E-state index contributed by atoms with van der Waals surface area (Å²) in [5, 5.41) is 5.85. The number of esters is 2. The summed E-state index contributed by atoms with van der Waals surface area (Å²) >= 11 is 2.10. The van der Waals surface area contributed by atoms with Gasteiger partial charge in [0, 0.05) is 7.05 Å². The number of thiophene rings is 1. The first kappa shape index (κ1) is 21.5. The van der Waals surface area contributed by atoms with E-state index in [1.165, 1.54) is 13.2 Å². The number of hydrogen-bond acceptors (Lipinski definition) is 9. The van der Waals surface area contributed by atoms with Crippen LogP contribution in [0.5, 0.6) is 0 Å². The van der Waals surface area contributed by atoms with E-state index in [-0.39, 0.29) is 32.8 Å². The van der Waals surface area contributed by atoms with Crippen LogP contribution < -0.4 is 10.6 Å². The lowest BCUT2D eigenvalue weighted by Gasteiger charge is -2.07. The SMILES string of the molecule is CCOC(=O)c1c(NC(=O)COC(=O)c2cnc(C)s2)sc(C(=O)NC)c1C. The maximum atomic E-state index is 12.3. The first-order chi connectivity index (χ1) is 13.3.